The van der Waals surface area contributed by atoms with Crippen molar-refractivity contribution >= 4 is 16.9 Å². The lowest BCUT2D eigenvalue weighted by molar-refractivity contribution is 0.252. The number of hydrogen-bond acceptors (Lipinski definition) is 7. The summed E-state index contributed by atoms with van der Waals surface area (Å²) in [5, 5.41) is 25.4. The van der Waals surface area contributed by atoms with Gasteiger partial charge in [0.1, 0.15) is 5.69 Å². The van der Waals surface area contributed by atoms with Gasteiger partial charge in [0.2, 0.25) is 5.95 Å². The molecule has 31 heavy (non-hydrogen) atoms. The molecule has 9 heteroatoms. The lowest BCUT2D eigenvalue weighted by Crippen LogP contribution is -2.56. The minimum absolute atomic E-state index is 0.174. The topological polar surface area (TPSA) is 100 Å². The summed E-state index contributed by atoms with van der Waals surface area (Å²) in [5.41, 5.74) is 4.64. The van der Waals surface area contributed by atoms with Crippen molar-refractivity contribution in [2.75, 3.05) is 24.5 Å². The molecule has 0 spiro atoms. The molecule has 4 aromatic rings. The van der Waals surface area contributed by atoms with E-state index >= 15 is 0 Å². The zero-order chi connectivity index (χ0) is 21.6. The molecule has 0 saturated carbocycles. The van der Waals surface area contributed by atoms with E-state index in [0.29, 0.717) is 12.0 Å². The van der Waals surface area contributed by atoms with Crippen LogP contribution in [-0.4, -0.2) is 60.8 Å². The molecular weight excluding hydrogens is 390 g/mol. The van der Waals surface area contributed by atoms with E-state index in [1.807, 2.05) is 42.2 Å². The molecule has 1 saturated heterocycles. The van der Waals surface area contributed by atoms with Crippen molar-refractivity contribution in [1.29, 1.82) is 0 Å². The van der Waals surface area contributed by atoms with Crippen molar-refractivity contribution in [3.05, 3.63) is 42.5 Å². The van der Waals surface area contributed by atoms with Crippen molar-refractivity contribution in [2.45, 2.75) is 33.7 Å². The predicted octanol–water partition coefficient (Wildman–Crippen LogP) is 2.73. The fourth-order valence-corrected chi connectivity index (χ4v) is 4.03. The fourth-order valence-electron chi connectivity index (χ4n) is 4.03. The number of benzene rings is 1. The highest BCUT2D eigenvalue weighted by molar-refractivity contribution is 5.97. The molecule has 1 aliphatic heterocycles. The van der Waals surface area contributed by atoms with Crippen LogP contribution in [0.3, 0.4) is 0 Å². The molecule has 3 aromatic heterocycles. The first kappa shape index (κ1) is 19.6. The molecular formula is C22H27N9. The smallest absolute Gasteiger partial charge is 0.245 e. The SMILES string of the molecule is Cc1ccn(-c2ccc(-c3cnc(N4CCN[C@@H](C(C)(C)C)C4)nn3)c3cn[nH]c23)n1. The van der Waals surface area contributed by atoms with Gasteiger partial charge in [-0.15, -0.1) is 10.2 Å². The maximum Gasteiger partial charge on any atom is 0.245 e. The first-order valence-corrected chi connectivity index (χ1v) is 10.6. The monoisotopic (exact) mass is 417 g/mol. The van der Waals surface area contributed by atoms with Gasteiger partial charge in [0.25, 0.3) is 0 Å². The molecule has 1 fully saturated rings. The van der Waals surface area contributed by atoms with E-state index in [1.165, 1.54) is 0 Å². The molecule has 1 atom stereocenters. The van der Waals surface area contributed by atoms with Crippen molar-refractivity contribution in [3.8, 4) is 16.9 Å². The summed E-state index contributed by atoms with van der Waals surface area (Å²) in [4.78, 5) is 6.85. The second-order valence-corrected chi connectivity index (χ2v) is 9.15. The Morgan fingerprint density at radius 2 is 1.97 bits per heavy atom. The van der Waals surface area contributed by atoms with Crippen LogP contribution in [0.25, 0.3) is 27.8 Å². The first-order valence-electron chi connectivity index (χ1n) is 10.6. The van der Waals surface area contributed by atoms with Gasteiger partial charge in [-0.25, -0.2) is 9.67 Å². The predicted molar refractivity (Wildman–Crippen MR) is 120 cm³/mol. The van der Waals surface area contributed by atoms with E-state index < -0.39 is 0 Å². The summed E-state index contributed by atoms with van der Waals surface area (Å²) >= 11 is 0. The quantitative estimate of drug-likeness (QED) is 0.529. The lowest BCUT2D eigenvalue weighted by Gasteiger charge is -2.40. The number of hydrogen-bond donors (Lipinski definition) is 2. The molecule has 1 aromatic carbocycles. The Bertz CT molecular complexity index is 1200. The molecule has 0 unspecified atom stereocenters. The largest absolute Gasteiger partial charge is 0.337 e. The average Bonchev–Trinajstić information content (AvgIpc) is 3.42. The van der Waals surface area contributed by atoms with Gasteiger partial charge in [-0.3, -0.25) is 5.10 Å². The zero-order valence-electron chi connectivity index (χ0n) is 18.3. The summed E-state index contributed by atoms with van der Waals surface area (Å²) < 4.78 is 1.85. The molecule has 0 radical (unpaired) electrons. The number of aromatic amines is 1. The van der Waals surface area contributed by atoms with Crippen LogP contribution in [0.5, 0.6) is 0 Å². The summed E-state index contributed by atoms with van der Waals surface area (Å²) in [7, 11) is 0. The fraction of sp³-hybridized carbons (Fsp3) is 0.409. The molecule has 4 heterocycles. The third-order valence-corrected chi connectivity index (χ3v) is 5.89. The van der Waals surface area contributed by atoms with Crippen molar-refractivity contribution in [2.24, 2.45) is 5.41 Å². The molecule has 0 amide bonds. The van der Waals surface area contributed by atoms with Crippen molar-refractivity contribution in [1.82, 2.24) is 40.5 Å². The van der Waals surface area contributed by atoms with E-state index in [0.717, 1.165) is 53.2 Å². The number of nitrogens with one attached hydrogen (secondary N) is 2. The average molecular weight is 418 g/mol. The van der Waals surface area contributed by atoms with Crippen LogP contribution in [0.4, 0.5) is 5.95 Å². The second-order valence-electron chi connectivity index (χ2n) is 9.15. The molecule has 0 bridgehead atoms. The van der Waals surface area contributed by atoms with Crippen LogP contribution in [0.15, 0.2) is 36.8 Å². The summed E-state index contributed by atoms with van der Waals surface area (Å²) in [6, 6.07) is 6.40. The van der Waals surface area contributed by atoms with E-state index in [-0.39, 0.29) is 5.41 Å². The Morgan fingerprint density at radius 3 is 2.68 bits per heavy atom. The molecule has 2 N–H and O–H groups in total. The van der Waals surface area contributed by atoms with Gasteiger partial charge in [-0.1, -0.05) is 20.8 Å². The van der Waals surface area contributed by atoms with Crippen LogP contribution in [0.2, 0.25) is 0 Å². The van der Waals surface area contributed by atoms with E-state index in [9.17, 15) is 0 Å². The number of H-pyrrole nitrogens is 1. The van der Waals surface area contributed by atoms with Gasteiger partial charge in [-0.05, 0) is 30.5 Å². The van der Waals surface area contributed by atoms with E-state index in [1.54, 1.807) is 6.20 Å². The van der Waals surface area contributed by atoms with Crippen LogP contribution in [0, 0.1) is 12.3 Å². The van der Waals surface area contributed by atoms with Crippen molar-refractivity contribution < 1.29 is 0 Å². The Labute approximate surface area is 180 Å². The third kappa shape index (κ3) is 3.65. The van der Waals surface area contributed by atoms with E-state index in [4.69, 9.17) is 0 Å². The van der Waals surface area contributed by atoms with Crippen molar-refractivity contribution in [3.63, 3.8) is 0 Å². The number of rotatable bonds is 3. The number of aromatic nitrogens is 7. The standard InChI is InChI=1S/C22H27N9/c1-14-7-9-31(29-14)18-6-5-15(16-11-25-27-20(16)18)17-12-24-21(28-26-17)30-10-8-23-19(13-30)22(2,3)4/h5-7,9,11-12,19,23H,8,10,13H2,1-4H3,(H,25,27)/t19-/m1/s1. The normalized spacial score (nSPS) is 17.4. The minimum Gasteiger partial charge on any atom is -0.337 e. The summed E-state index contributed by atoms with van der Waals surface area (Å²) in [6.07, 6.45) is 5.55. The highest BCUT2D eigenvalue weighted by Crippen LogP contribution is 2.30. The Balaban J connectivity index is 1.45. The number of anilines is 1. The molecule has 5 rings (SSSR count). The number of fused-ring (bicyclic) bond motifs is 1. The summed E-state index contributed by atoms with van der Waals surface area (Å²) in [5.74, 6) is 0.673. The third-order valence-electron chi connectivity index (χ3n) is 5.89. The van der Waals surface area contributed by atoms with Gasteiger partial charge in [0.15, 0.2) is 0 Å². The Morgan fingerprint density at radius 1 is 1.10 bits per heavy atom. The van der Waals surface area contributed by atoms with Gasteiger partial charge >= 0.3 is 0 Å². The number of aryl methyl sites for hydroxylation is 1. The molecule has 9 nitrogen and oxygen atoms in total. The maximum absolute atomic E-state index is 4.65. The van der Waals surface area contributed by atoms with Crippen LogP contribution in [0.1, 0.15) is 26.5 Å². The van der Waals surface area contributed by atoms with Crippen LogP contribution >= 0.6 is 0 Å². The van der Waals surface area contributed by atoms with Crippen LogP contribution < -0.4 is 10.2 Å². The number of nitrogens with zero attached hydrogens (tertiary/aromatic N) is 7. The first-order chi connectivity index (χ1) is 14.9. The van der Waals surface area contributed by atoms with Gasteiger partial charge in [0.05, 0.1) is 29.3 Å². The molecule has 160 valence electrons. The van der Waals surface area contributed by atoms with E-state index in [2.05, 4.69) is 61.5 Å². The maximum atomic E-state index is 4.65. The lowest BCUT2D eigenvalue weighted by atomic mass is 9.85. The highest BCUT2D eigenvalue weighted by atomic mass is 15.3. The Kier molecular flexibility index (Phi) is 4.70. The second kappa shape index (κ2) is 7.42. The molecule has 0 aliphatic carbocycles. The number of piperazine rings is 1. The zero-order valence-corrected chi connectivity index (χ0v) is 18.3. The van der Waals surface area contributed by atoms with Gasteiger partial charge in [-0.2, -0.15) is 10.2 Å². The van der Waals surface area contributed by atoms with Gasteiger partial charge < -0.3 is 10.2 Å². The molecule has 1 aliphatic rings. The summed E-state index contributed by atoms with van der Waals surface area (Å²) in [6.45, 7) is 11.4. The Hall–Kier alpha value is -3.33. The minimum atomic E-state index is 0.174. The van der Waals surface area contributed by atoms with Gasteiger partial charge in [0, 0.05) is 42.8 Å². The highest BCUT2D eigenvalue weighted by Gasteiger charge is 2.30. The van der Waals surface area contributed by atoms with Crippen LogP contribution in [-0.2, 0) is 0 Å².